The van der Waals surface area contributed by atoms with Crippen LogP contribution in [0.4, 0.5) is 0 Å². The maximum Gasteiger partial charge on any atom is 0.326 e. The van der Waals surface area contributed by atoms with Gasteiger partial charge in [0.1, 0.15) is 10.9 Å². The number of nitrogens with zero attached hydrogens (tertiary/aromatic N) is 1. The Hall–Kier alpha value is -2.08. The van der Waals surface area contributed by atoms with Crippen LogP contribution < -0.4 is 5.32 Å². The summed E-state index contributed by atoms with van der Waals surface area (Å²) in [5.74, 6) is -1.55. The molecule has 0 aromatic carbocycles. The van der Waals surface area contributed by atoms with E-state index in [1.54, 1.807) is 13.8 Å². The predicted molar refractivity (Wildman–Crippen MR) is 77.4 cm³/mol. The molecule has 2 aromatic rings. The van der Waals surface area contributed by atoms with Gasteiger partial charge in [-0.3, -0.25) is 4.79 Å². The third kappa shape index (κ3) is 2.91. The van der Waals surface area contributed by atoms with Gasteiger partial charge in [-0.15, -0.1) is 11.3 Å². The largest absolute Gasteiger partial charge is 0.480 e. The van der Waals surface area contributed by atoms with Gasteiger partial charge in [0.15, 0.2) is 0 Å². The third-order valence-corrected chi connectivity index (χ3v) is 3.86. The van der Waals surface area contributed by atoms with Crippen LogP contribution in [-0.2, 0) is 4.79 Å². The smallest absolute Gasteiger partial charge is 0.326 e. The molecule has 0 unspecified atom stereocenters. The highest BCUT2D eigenvalue weighted by Gasteiger charge is 2.25. The molecule has 5 nitrogen and oxygen atoms in total. The van der Waals surface area contributed by atoms with Gasteiger partial charge in [-0.1, -0.05) is 13.8 Å². The van der Waals surface area contributed by atoms with E-state index in [2.05, 4.69) is 5.32 Å². The van der Waals surface area contributed by atoms with Crippen molar-refractivity contribution in [2.45, 2.75) is 19.9 Å². The molecule has 0 aliphatic carbocycles. The first-order chi connectivity index (χ1) is 9.50. The summed E-state index contributed by atoms with van der Waals surface area (Å²) < 4.78 is 1.83. The zero-order chi connectivity index (χ0) is 14.7. The van der Waals surface area contributed by atoms with Crippen LogP contribution in [0.3, 0.4) is 0 Å². The lowest BCUT2D eigenvalue weighted by Crippen LogP contribution is -2.44. The minimum absolute atomic E-state index is 0.175. The molecule has 2 N–H and O–H groups in total. The van der Waals surface area contributed by atoms with Gasteiger partial charge in [-0.25, -0.2) is 4.79 Å². The molecule has 2 rings (SSSR count). The first kappa shape index (κ1) is 14.3. The molecule has 0 fully saturated rings. The second-order valence-electron chi connectivity index (χ2n) is 4.76. The summed E-state index contributed by atoms with van der Waals surface area (Å²) in [4.78, 5) is 23.9. The molecule has 0 aliphatic heterocycles. The zero-order valence-electron chi connectivity index (χ0n) is 11.2. The lowest BCUT2D eigenvalue weighted by atomic mass is 10.0. The molecular weight excluding hydrogens is 276 g/mol. The Bertz CT molecular complexity index is 602. The summed E-state index contributed by atoms with van der Waals surface area (Å²) in [6, 6.07) is 4.69. The molecule has 0 bridgehead atoms. The summed E-state index contributed by atoms with van der Waals surface area (Å²) in [5, 5.41) is 13.5. The molecular formula is C14H16N2O3S. The second kappa shape index (κ2) is 5.92. The van der Waals surface area contributed by atoms with E-state index in [1.165, 1.54) is 11.3 Å². The zero-order valence-corrected chi connectivity index (χ0v) is 12.1. The standard InChI is InChI=1S/C14H16N2O3S/c1-9(2)11(14(18)19)15-13(17)12-10(5-8-20-12)16-6-3-4-7-16/h3-9,11H,1-2H3,(H,15,17)(H,18,19)/t11-/m1/s1. The van der Waals surface area contributed by atoms with E-state index in [-0.39, 0.29) is 11.8 Å². The first-order valence-corrected chi connectivity index (χ1v) is 7.13. The Morgan fingerprint density at radius 2 is 1.95 bits per heavy atom. The number of rotatable bonds is 5. The number of carboxylic acid groups (broad SMARTS) is 1. The van der Waals surface area contributed by atoms with Gasteiger partial charge in [0.2, 0.25) is 0 Å². The average Bonchev–Trinajstić information content (AvgIpc) is 3.03. The molecule has 0 aliphatic rings. The Labute approximate surface area is 120 Å². The summed E-state index contributed by atoms with van der Waals surface area (Å²) >= 11 is 1.30. The minimum Gasteiger partial charge on any atom is -0.480 e. The van der Waals surface area contributed by atoms with Crippen molar-refractivity contribution in [3.63, 3.8) is 0 Å². The van der Waals surface area contributed by atoms with Crippen LogP contribution in [0.1, 0.15) is 23.5 Å². The Balaban J connectivity index is 2.22. The highest BCUT2D eigenvalue weighted by Crippen LogP contribution is 2.21. The van der Waals surface area contributed by atoms with Crippen molar-refractivity contribution in [3.05, 3.63) is 40.8 Å². The fourth-order valence-corrected chi connectivity index (χ4v) is 2.68. The number of hydrogen-bond donors (Lipinski definition) is 2. The van der Waals surface area contributed by atoms with E-state index < -0.39 is 12.0 Å². The van der Waals surface area contributed by atoms with E-state index in [0.29, 0.717) is 4.88 Å². The number of amides is 1. The Morgan fingerprint density at radius 1 is 1.30 bits per heavy atom. The maximum atomic E-state index is 12.3. The van der Waals surface area contributed by atoms with Gasteiger partial charge in [0.25, 0.3) is 5.91 Å². The summed E-state index contributed by atoms with van der Waals surface area (Å²) in [7, 11) is 0. The van der Waals surface area contributed by atoms with Crippen LogP contribution in [0.25, 0.3) is 5.69 Å². The van der Waals surface area contributed by atoms with Crippen molar-refractivity contribution in [1.29, 1.82) is 0 Å². The van der Waals surface area contributed by atoms with Crippen LogP contribution >= 0.6 is 11.3 Å². The van der Waals surface area contributed by atoms with Crippen LogP contribution in [-0.4, -0.2) is 27.6 Å². The molecule has 106 valence electrons. The van der Waals surface area contributed by atoms with Crippen molar-refractivity contribution in [2.75, 3.05) is 0 Å². The second-order valence-corrected chi connectivity index (χ2v) is 5.67. The summed E-state index contributed by atoms with van der Waals surface area (Å²) in [6.45, 7) is 3.53. The molecule has 0 saturated carbocycles. The van der Waals surface area contributed by atoms with Crippen molar-refractivity contribution < 1.29 is 14.7 Å². The molecule has 6 heteroatoms. The van der Waals surface area contributed by atoms with Crippen LogP contribution in [0.5, 0.6) is 0 Å². The third-order valence-electron chi connectivity index (χ3n) is 2.95. The number of thiophene rings is 1. The number of carbonyl (C=O) groups excluding carboxylic acids is 1. The fraction of sp³-hybridized carbons (Fsp3) is 0.286. The first-order valence-electron chi connectivity index (χ1n) is 6.25. The SMILES string of the molecule is CC(C)[C@@H](NC(=O)c1sccc1-n1cccc1)C(=O)O. The lowest BCUT2D eigenvalue weighted by molar-refractivity contribution is -0.140. The number of carbonyl (C=O) groups is 2. The number of aromatic nitrogens is 1. The Kier molecular flexibility index (Phi) is 4.24. The van der Waals surface area contributed by atoms with Gasteiger partial charge in [-0.05, 0) is 29.5 Å². The number of aliphatic carboxylic acids is 1. The van der Waals surface area contributed by atoms with Crippen LogP contribution in [0, 0.1) is 5.92 Å². The molecule has 1 amide bonds. The maximum absolute atomic E-state index is 12.3. The molecule has 20 heavy (non-hydrogen) atoms. The van der Waals surface area contributed by atoms with E-state index in [4.69, 9.17) is 5.11 Å². The molecule has 2 aromatic heterocycles. The number of hydrogen-bond acceptors (Lipinski definition) is 3. The number of nitrogens with one attached hydrogen (secondary N) is 1. The van der Waals surface area contributed by atoms with Crippen molar-refractivity contribution >= 4 is 23.2 Å². The number of carboxylic acids is 1. The van der Waals surface area contributed by atoms with Crippen LogP contribution in [0.2, 0.25) is 0 Å². The molecule has 0 saturated heterocycles. The monoisotopic (exact) mass is 292 g/mol. The molecule has 0 radical (unpaired) electrons. The van der Waals surface area contributed by atoms with E-state index in [0.717, 1.165) is 5.69 Å². The molecule has 1 atom stereocenters. The normalized spacial score (nSPS) is 12.3. The van der Waals surface area contributed by atoms with Crippen LogP contribution in [0.15, 0.2) is 36.0 Å². The van der Waals surface area contributed by atoms with E-state index in [9.17, 15) is 9.59 Å². The topological polar surface area (TPSA) is 71.3 Å². The minimum atomic E-state index is -1.02. The molecule has 2 heterocycles. The Morgan fingerprint density at radius 3 is 2.50 bits per heavy atom. The highest BCUT2D eigenvalue weighted by atomic mass is 32.1. The van der Waals surface area contributed by atoms with Gasteiger partial charge in [0.05, 0.1) is 5.69 Å². The van der Waals surface area contributed by atoms with Crippen molar-refractivity contribution in [2.24, 2.45) is 5.92 Å². The fourth-order valence-electron chi connectivity index (χ4n) is 1.89. The van der Waals surface area contributed by atoms with Gasteiger partial charge >= 0.3 is 5.97 Å². The summed E-state index contributed by atoms with van der Waals surface area (Å²) in [5.41, 5.74) is 0.755. The van der Waals surface area contributed by atoms with Gasteiger partial charge in [-0.2, -0.15) is 0 Å². The van der Waals surface area contributed by atoms with E-state index in [1.807, 2.05) is 40.5 Å². The molecule has 0 spiro atoms. The summed E-state index contributed by atoms with van der Waals surface area (Å²) in [6.07, 6.45) is 3.69. The highest BCUT2D eigenvalue weighted by molar-refractivity contribution is 7.12. The van der Waals surface area contributed by atoms with Crippen molar-refractivity contribution in [3.8, 4) is 5.69 Å². The average molecular weight is 292 g/mol. The van der Waals surface area contributed by atoms with Gasteiger partial charge < -0.3 is 15.0 Å². The quantitative estimate of drug-likeness (QED) is 0.888. The van der Waals surface area contributed by atoms with Gasteiger partial charge in [0, 0.05) is 12.4 Å². The predicted octanol–water partition coefficient (Wildman–Crippen LogP) is 2.38. The lowest BCUT2D eigenvalue weighted by Gasteiger charge is -2.17. The van der Waals surface area contributed by atoms with E-state index >= 15 is 0 Å². The van der Waals surface area contributed by atoms with Crippen molar-refractivity contribution in [1.82, 2.24) is 9.88 Å².